The van der Waals surface area contributed by atoms with Gasteiger partial charge in [-0.2, -0.15) is 5.10 Å². The Bertz CT molecular complexity index is 685. The molecule has 0 spiro atoms. The molecule has 0 amide bonds. The molecule has 5 nitrogen and oxygen atoms in total. The van der Waals surface area contributed by atoms with Gasteiger partial charge >= 0.3 is 0 Å². The van der Waals surface area contributed by atoms with Crippen molar-refractivity contribution in [1.29, 1.82) is 0 Å². The van der Waals surface area contributed by atoms with Gasteiger partial charge in [0.25, 0.3) is 0 Å². The molecular weight excluding hydrogens is 320 g/mol. The van der Waals surface area contributed by atoms with Crippen LogP contribution < -0.4 is 10.1 Å². The summed E-state index contributed by atoms with van der Waals surface area (Å²) in [4.78, 5) is 3.61. The molecule has 1 aromatic heterocycles. The van der Waals surface area contributed by atoms with Gasteiger partial charge in [-0.1, -0.05) is 0 Å². The zero-order valence-corrected chi connectivity index (χ0v) is 15.6. The minimum absolute atomic E-state index is 0.308. The molecule has 3 rings (SSSR count). The maximum Gasteiger partial charge on any atom is 0.119 e. The molecule has 1 aromatic carbocycles. The standard InChI is InChI=1S/C18H26N4OS/c1-21(2)17(13-10-20-22(3)12-13)11-19-16-7-8-24-18-6-5-14(23-4)9-15(16)18/h5-6,9-10,12,16-17,19H,7-8,11H2,1-4H3/t16-,17-/m1/s1. The number of hydrogen-bond acceptors (Lipinski definition) is 5. The quantitative estimate of drug-likeness (QED) is 0.871. The molecular formula is C18H26N4OS. The molecule has 0 fully saturated rings. The third-order valence-corrected chi connectivity index (χ3v) is 5.67. The topological polar surface area (TPSA) is 42.3 Å². The van der Waals surface area contributed by atoms with Gasteiger partial charge in [-0.05, 0) is 50.0 Å². The van der Waals surface area contributed by atoms with Gasteiger partial charge < -0.3 is 15.0 Å². The van der Waals surface area contributed by atoms with Crippen LogP contribution in [0.5, 0.6) is 5.75 Å². The van der Waals surface area contributed by atoms with Crippen molar-refractivity contribution in [2.24, 2.45) is 7.05 Å². The first-order chi connectivity index (χ1) is 11.6. The number of methoxy groups -OCH3 is 1. The van der Waals surface area contributed by atoms with Crippen molar-refractivity contribution in [2.75, 3.05) is 33.5 Å². The minimum Gasteiger partial charge on any atom is -0.497 e. The van der Waals surface area contributed by atoms with E-state index in [9.17, 15) is 0 Å². The second kappa shape index (κ2) is 7.59. The fourth-order valence-corrected chi connectivity index (χ4v) is 4.28. The van der Waals surface area contributed by atoms with Gasteiger partial charge in [0.05, 0.1) is 13.3 Å². The van der Waals surface area contributed by atoms with E-state index in [2.05, 4.69) is 47.7 Å². The van der Waals surface area contributed by atoms with Crippen molar-refractivity contribution >= 4 is 11.8 Å². The lowest BCUT2D eigenvalue weighted by atomic mass is 10.0. The summed E-state index contributed by atoms with van der Waals surface area (Å²) >= 11 is 1.93. The third-order valence-electron chi connectivity index (χ3n) is 4.55. The van der Waals surface area contributed by atoms with Crippen LogP contribution in [-0.2, 0) is 7.05 Å². The minimum atomic E-state index is 0.308. The molecule has 2 heterocycles. The summed E-state index contributed by atoms with van der Waals surface area (Å²) in [5.74, 6) is 2.08. The van der Waals surface area contributed by atoms with Crippen LogP contribution in [0.3, 0.4) is 0 Å². The molecule has 1 N–H and O–H groups in total. The maximum absolute atomic E-state index is 5.41. The van der Waals surface area contributed by atoms with Gasteiger partial charge in [0.2, 0.25) is 0 Å². The number of rotatable bonds is 6. The molecule has 0 saturated heterocycles. The number of hydrogen-bond donors (Lipinski definition) is 1. The van der Waals surface area contributed by atoms with Crippen LogP contribution in [0.1, 0.15) is 29.6 Å². The highest BCUT2D eigenvalue weighted by Gasteiger charge is 2.23. The van der Waals surface area contributed by atoms with Gasteiger partial charge in [-0.3, -0.25) is 4.68 Å². The number of aromatic nitrogens is 2. The first kappa shape index (κ1) is 17.3. The summed E-state index contributed by atoms with van der Waals surface area (Å²) in [6.45, 7) is 0.894. The Morgan fingerprint density at radius 2 is 2.29 bits per heavy atom. The highest BCUT2D eigenvalue weighted by molar-refractivity contribution is 7.99. The highest BCUT2D eigenvalue weighted by Crippen LogP contribution is 2.38. The van der Waals surface area contributed by atoms with E-state index in [0.717, 1.165) is 24.5 Å². The summed E-state index contributed by atoms with van der Waals surface area (Å²) in [6.07, 6.45) is 5.19. The lowest BCUT2D eigenvalue weighted by Gasteiger charge is -2.30. The van der Waals surface area contributed by atoms with E-state index < -0.39 is 0 Å². The molecule has 0 bridgehead atoms. The predicted molar refractivity (Wildman–Crippen MR) is 98.7 cm³/mol. The summed E-state index contributed by atoms with van der Waals surface area (Å²) in [7, 11) is 7.93. The largest absolute Gasteiger partial charge is 0.497 e. The van der Waals surface area contributed by atoms with Crippen molar-refractivity contribution < 1.29 is 4.74 Å². The van der Waals surface area contributed by atoms with Crippen LogP contribution in [0.25, 0.3) is 0 Å². The van der Waals surface area contributed by atoms with Crippen LogP contribution in [0.2, 0.25) is 0 Å². The Morgan fingerprint density at radius 3 is 2.96 bits per heavy atom. The Kier molecular flexibility index (Phi) is 5.48. The van der Waals surface area contributed by atoms with Crippen LogP contribution in [0.15, 0.2) is 35.5 Å². The first-order valence-corrected chi connectivity index (χ1v) is 9.26. The second-order valence-electron chi connectivity index (χ2n) is 6.43. The van der Waals surface area contributed by atoms with Crippen molar-refractivity contribution in [1.82, 2.24) is 20.0 Å². The lowest BCUT2D eigenvalue weighted by Crippen LogP contribution is -2.34. The van der Waals surface area contributed by atoms with Crippen LogP contribution >= 0.6 is 11.8 Å². The maximum atomic E-state index is 5.41. The van der Waals surface area contributed by atoms with Gasteiger partial charge in [0.15, 0.2) is 0 Å². The molecule has 2 atom stereocenters. The number of fused-ring (bicyclic) bond motifs is 1. The SMILES string of the molecule is COc1ccc2c(c1)[C@H](NC[C@H](c1cnn(C)c1)N(C)C)CCS2. The molecule has 0 saturated carbocycles. The van der Waals surface area contributed by atoms with Gasteiger partial charge in [-0.15, -0.1) is 11.8 Å². The number of thioether (sulfide) groups is 1. The zero-order valence-electron chi connectivity index (χ0n) is 14.8. The van der Waals surface area contributed by atoms with E-state index in [1.54, 1.807) is 7.11 Å². The van der Waals surface area contributed by atoms with Crippen LogP contribution in [0.4, 0.5) is 0 Å². The fraction of sp³-hybridized carbons (Fsp3) is 0.500. The molecule has 0 aliphatic carbocycles. The lowest BCUT2D eigenvalue weighted by molar-refractivity contribution is 0.277. The number of nitrogens with zero attached hydrogens (tertiary/aromatic N) is 3. The molecule has 0 unspecified atom stereocenters. The average molecular weight is 347 g/mol. The Labute approximate surface area is 148 Å². The first-order valence-electron chi connectivity index (χ1n) is 8.27. The van der Waals surface area contributed by atoms with E-state index >= 15 is 0 Å². The van der Waals surface area contributed by atoms with E-state index in [4.69, 9.17) is 4.74 Å². The second-order valence-corrected chi connectivity index (χ2v) is 7.57. The molecule has 0 radical (unpaired) electrons. The molecule has 24 heavy (non-hydrogen) atoms. The monoisotopic (exact) mass is 346 g/mol. The zero-order chi connectivity index (χ0) is 17.1. The molecule has 1 aliphatic rings. The van der Waals surface area contributed by atoms with Crippen molar-refractivity contribution in [3.63, 3.8) is 0 Å². The van der Waals surface area contributed by atoms with Crippen molar-refractivity contribution in [2.45, 2.75) is 23.4 Å². The predicted octanol–water partition coefficient (Wildman–Crippen LogP) is 2.86. The van der Waals surface area contributed by atoms with Crippen molar-refractivity contribution in [3.8, 4) is 5.75 Å². The molecule has 1 aliphatic heterocycles. The highest BCUT2D eigenvalue weighted by atomic mass is 32.2. The van der Waals surface area contributed by atoms with Crippen molar-refractivity contribution in [3.05, 3.63) is 41.7 Å². The summed E-state index contributed by atoms with van der Waals surface area (Å²) in [5.41, 5.74) is 2.60. The van der Waals surface area contributed by atoms with E-state index in [1.165, 1.54) is 16.0 Å². The summed E-state index contributed by atoms with van der Waals surface area (Å²) < 4.78 is 7.27. The average Bonchev–Trinajstić information content (AvgIpc) is 3.00. The van der Waals surface area contributed by atoms with Gasteiger partial charge in [0.1, 0.15) is 5.75 Å². The summed E-state index contributed by atoms with van der Waals surface area (Å²) in [6, 6.07) is 7.08. The van der Waals surface area contributed by atoms with Crippen LogP contribution in [-0.4, -0.2) is 48.2 Å². The normalized spacial score (nSPS) is 18.5. The Hall–Kier alpha value is -1.50. The number of nitrogens with one attached hydrogen (secondary N) is 1. The summed E-state index contributed by atoms with van der Waals surface area (Å²) in [5, 5.41) is 8.09. The number of likely N-dealkylation sites (N-methyl/N-ethyl adjacent to an activating group) is 1. The Morgan fingerprint density at radius 1 is 1.46 bits per heavy atom. The number of aryl methyl sites for hydroxylation is 1. The fourth-order valence-electron chi connectivity index (χ4n) is 3.18. The van der Waals surface area contributed by atoms with Crippen LogP contribution in [0, 0.1) is 0 Å². The Balaban J connectivity index is 1.74. The van der Waals surface area contributed by atoms with E-state index in [1.807, 2.05) is 35.8 Å². The molecule has 130 valence electrons. The van der Waals surface area contributed by atoms with E-state index in [-0.39, 0.29) is 0 Å². The number of benzene rings is 1. The van der Waals surface area contributed by atoms with E-state index in [0.29, 0.717) is 12.1 Å². The van der Waals surface area contributed by atoms with Gasteiger partial charge in [0, 0.05) is 42.3 Å². The third kappa shape index (κ3) is 3.77. The van der Waals surface area contributed by atoms with Gasteiger partial charge in [-0.25, -0.2) is 0 Å². The molecule has 2 aromatic rings. The smallest absolute Gasteiger partial charge is 0.119 e. The molecule has 6 heteroatoms. The number of ether oxygens (including phenoxy) is 1.